The van der Waals surface area contributed by atoms with Crippen LogP contribution >= 0.6 is 11.5 Å². The van der Waals surface area contributed by atoms with E-state index >= 15 is 0 Å². The lowest BCUT2D eigenvalue weighted by molar-refractivity contribution is 0.581. The summed E-state index contributed by atoms with van der Waals surface area (Å²) in [5.74, 6) is 0.414. The Morgan fingerprint density at radius 1 is 1.38 bits per heavy atom. The lowest BCUT2D eigenvalue weighted by atomic mass is 10.1. The second kappa shape index (κ2) is 2.35. The maximum absolute atomic E-state index is 5.49. The van der Waals surface area contributed by atoms with Crippen LogP contribution in [0.5, 0.6) is 0 Å². The van der Waals surface area contributed by atoms with Crippen LogP contribution in [0.3, 0.4) is 0 Å². The van der Waals surface area contributed by atoms with Crippen molar-refractivity contribution in [2.45, 2.75) is 19.3 Å². The number of anilines is 2. The monoisotopic (exact) mass is 196 g/mol. The van der Waals surface area contributed by atoms with Crippen molar-refractivity contribution in [2.24, 2.45) is 5.41 Å². The number of hydrogen-bond donors (Lipinski definition) is 1. The van der Waals surface area contributed by atoms with E-state index in [-0.39, 0.29) is 0 Å². The van der Waals surface area contributed by atoms with Gasteiger partial charge in [-0.2, -0.15) is 9.36 Å². The zero-order valence-electron chi connectivity index (χ0n) is 7.36. The molecule has 0 aromatic carbocycles. The summed E-state index contributed by atoms with van der Waals surface area (Å²) in [5, 5.41) is 1.00. The Balaban J connectivity index is 1.80. The molecule has 2 heterocycles. The van der Waals surface area contributed by atoms with Crippen molar-refractivity contribution in [2.75, 3.05) is 23.7 Å². The number of aromatic nitrogens is 2. The SMILES string of the molecule is Nc1nsc(N2CCC3(CC3)C2)n1. The van der Waals surface area contributed by atoms with Gasteiger partial charge in [0, 0.05) is 24.6 Å². The van der Waals surface area contributed by atoms with E-state index in [9.17, 15) is 0 Å². The Hall–Kier alpha value is -0.840. The number of nitrogens with two attached hydrogens (primary N) is 1. The third kappa shape index (κ3) is 1.18. The fourth-order valence-electron chi connectivity index (χ4n) is 2.04. The van der Waals surface area contributed by atoms with Crippen LogP contribution in [-0.2, 0) is 0 Å². The predicted octanol–water partition coefficient (Wildman–Crippen LogP) is 1.11. The quantitative estimate of drug-likeness (QED) is 0.731. The van der Waals surface area contributed by atoms with Crippen molar-refractivity contribution in [3.8, 4) is 0 Å². The summed E-state index contributed by atoms with van der Waals surface area (Å²) in [6, 6.07) is 0. The average molecular weight is 196 g/mol. The topological polar surface area (TPSA) is 55.0 Å². The van der Waals surface area contributed by atoms with Crippen molar-refractivity contribution >= 4 is 22.6 Å². The molecule has 1 saturated carbocycles. The van der Waals surface area contributed by atoms with E-state index in [0.717, 1.165) is 11.7 Å². The highest BCUT2D eigenvalue weighted by Gasteiger charge is 2.48. The molecule has 1 saturated heterocycles. The molecule has 0 unspecified atom stereocenters. The molecular weight excluding hydrogens is 184 g/mol. The van der Waals surface area contributed by atoms with Gasteiger partial charge in [0.05, 0.1) is 0 Å². The van der Waals surface area contributed by atoms with Crippen LogP contribution in [0.2, 0.25) is 0 Å². The first-order chi connectivity index (χ1) is 6.27. The largest absolute Gasteiger partial charge is 0.367 e. The molecule has 4 nitrogen and oxygen atoms in total. The van der Waals surface area contributed by atoms with Crippen LogP contribution in [0.15, 0.2) is 0 Å². The molecule has 0 radical (unpaired) electrons. The second-order valence-electron chi connectivity index (χ2n) is 4.11. The highest BCUT2D eigenvalue weighted by molar-refractivity contribution is 7.09. The van der Waals surface area contributed by atoms with Crippen molar-refractivity contribution in [1.82, 2.24) is 9.36 Å². The third-order valence-electron chi connectivity index (χ3n) is 3.10. The van der Waals surface area contributed by atoms with E-state index in [1.807, 2.05) is 0 Å². The smallest absolute Gasteiger partial charge is 0.233 e. The van der Waals surface area contributed by atoms with E-state index in [1.165, 1.54) is 37.3 Å². The minimum Gasteiger partial charge on any atom is -0.367 e. The van der Waals surface area contributed by atoms with Gasteiger partial charge in [-0.15, -0.1) is 0 Å². The van der Waals surface area contributed by atoms with Gasteiger partial charge < -0.3 is 10.6 Å². The summed E-state index contributed by atoms with van der Waals surface area (Å²) in [6.07, 6.45) is 4.13. The van der Waals surface area contributed by atoms with Crippen molar-refractivity contribution in [1.29, 1.82) is 0 Å². The van der Waals surface area contributed by atoms with Gasteiger partial charge in [0.25, 0.3) is 0 Å². The van der Waals surface area contributed by atoms with Gasteiger partial charge >= 0.3 is 0 Å². The molecule has 70 valence electrons. The first-order valence-corrected chi connectivity index (χ1v) is 5.39. The summed E-state index contributed by atoms with van der Waals surface area (Å²) in [7, 11) is 0. The maximum Gasteiger partial charge on any atom is 0.233 e. The normalized spacial score (nSPS) is 24.2. The number of hydrogen-bond acceptors (Lipinski definition) is 5. The first-order valence-electron chi connectivity index (χ1n) is 4.62. The van der Waals surface area contributed by atoms with Gasteiger partial charge in [0.1, 0.15) is 0 Å². The Kier molecular flexibility index (Phi) is 1.36. The van der Waals surface area contributed by atoms with Gasteiger partial charge in [-0.1, -0.05) is 0 Å². The summed E-state index contributed by atoms with van der Waals surface area (Å²) < 4.78 is 4.00. The maximum atomic E-state index is 5.49. The Bertz CT molecular complexity index is 331. The molecule has 0 bridgehead atoms. The minimum absolute atomic E-state index is 0.414. The molecule has 3 rings (SSSR count). The van der Waals surface area contributed by atoms with Crippen LogP contribution < -0.4 is 10.6 Å². The first kappa shape index (κ1) is 7.55. The summed E-state index contributed by atoms with van der Waals surface area (Å²) in [4.78, 5) is 6.52. The molecule has 5 heteroatoms. The molecule has 1 aliphatic heterocycles. The molecule has 2 fully saturated rings. The fourth-order valence-corrected chi connectivity index (χ4v) is 2.66. The zero-order chi connectivity index (χ0) is 8.89. The van der Waals surface area contributed by atoms with Crippen molar-refractivity contribution in [3.05, 3.63) is 0 Å². The van der Waals surface area contributed by atoms with Crippen molar-refractivity contribution < 1.29 is 0 Å². The van der Waals surface area contributed by atoms with E-state index in [2.05, 4.69) is 14.3 Å². The molecule has 0 atom stereocenters. The van der Waals surface area contributed by atoms with Crippen LogP contribution in [0.25, 0.3) is 0 Å². The Morgan fingerprint density at radius 2 is 2.23 bits per heavy atom. The molecule has 13 heavy (non-hydrogen) atoms. The summed E-state index contributed by atoms with van der Waals surface area (Å²) >= 11 is 1.42. The van der Waals surface area contributed by atoms with Gasteiger partial charge in [0.2, 0.25) is 11.1 Å². The summed E-state index contributed by atoms with van der Waals surface area (Å²) in [5.41, 5.74) is 6.14. The van der Waals surface area contributed by atoms with E-state index in [0.29, 0.717) is 11.4 Å². The van der Waals surface area contributed by atoms with Crippen LogP contribution in [0.1, 0.15) is 19.3 Å². The zero-order valence-corrected chi connectivity index (χ0v) is 8.18. The van der Waals surface area contributed by atoms with Gasteiger partial charge in [-0.3, -0.25) is 0 Å². The Labute approximate surface area is 80.9 Å². The lowest BCUT2D eigenvalue weighted by Gasteiger charge is -2.12. The molecule has 2 aliphatic rings. The fraction of sp³-hybridized carbons (Fsp3) is 0.750. The van der Waals surface area contributed by atoms with E-state index in [4.69, 9.17) is 5.73 Å². The van der Waals surface area contributed by atoms with E-state index in [1.54, 1.807) is 0 Å². The average Bonchev–Trinajstić information content (AvgIpc) is 2.55. The molecule has 1 aliphatic carbocycles. The van der Waals surface area contributed by atoms with Crippen molar-refractivity contribution in [3.63, 3.8) is 0 Å². The van der Waals surface area contributed by atoms with Gasteiger partial charge in [-0.05, 0) is 24.7 Å². The number of nitrogens with zero attached hydrogens (tertiary/aromatic N) is 3. The van der Waals surface area contributed by atoms with Crippen LogP contribution in [0.4, 0.5) is 11.1 Å². The predicted molar refractivity (Wildman–Crippen MR) is 52.8 cm³/mol. The molecule has 1 aromatic heterocycles. The standard InChI is InChI=1S/C8H12N4S/c9-6-10-7(13-11-6)12-4-3-8(5-12)1-2-8/h1-5H2,(H2,9,11). The molecular formula is C8H12N4S. The van der Waals surface area contributed by atoms with Crippen LogP contribution in [0, 0.1) is 5.41 Å². The highest BCUT2D eigenvalue weighted by atomic mass is 32.1. The Morgan fingerprint density at radius 3 is 2.77 bits per heavy atom. The third-order valence-corrected chi connectivity index (χ3v) is 3.89. The van der Waals surface area contributed by atoms with E-state index < -0.39 is 0 Å². The number of nitrogen functional groups attached to an aromatic ring is 1. The molecule has 1 aromatic rings. The van der Waals surface area contributed by atoms with Gasteiger partial charge in [0.15, 0.2) is 0 Å². The highest BCUT2D eigenvalue weighted by Crippen LogP contribution is 2.53. The molecule has 0 amide bonds. The minimum atomic E-state index is 0.414. The second-order valence-corrected chi connectivity index (χ2v) is 4.84. The van der Waals surface area contributed by atoms with Crippen LogP contribution in [-0.4, -0.2) is 22.4 Å². The lowest BCUT2D eigenvalue weighted by Crippen LogP contribution is -2.19. The van der Waals surface area contributed by atoms with Gasteiger partial charge in [-0.25, -0.2) is 0 Å². The number of rotatable bonds is 1. The summed E-state index contributed by atoms with van der Waals surface area (Å²) in [6.45, 7) is 2.30. The molecule has 2 N–H and O–H groups in total. The molecule has 1 spiro atoms.